The van der Waals surface area contributed by atoms with Crippen molar-refractivity contribution in [3.63, 3.8) is 0 Å². The molecule has 1 aliphatic carbocycles. The first kappa shape index (κ1) is 24.2. The SMILES string of the molecule is O=C(N=Nc1cc(NS(=O)(=O)c2ccc(Br)cc2)c2c(c1O)CC=CC2)c1cccc([N+](=O)[O-])c1. The van der Waals surface area contributed by atoms with Crippen LogP contribution in [0.1, 0.15) is 21.5 Å². The standard InChI is InChI=1S/C23H17BrN4O6S/c24-15-8-10-17(11-9-15)35(33,34)27-20-13-21(22(29)19-7-2-1-6-18(19)20)25-26-23(30)14-4-3-5-16(12-14)28(31)32/h1-5,8-13,27,29H,6-7H2. The predicted molar refractivity (Wildman–Crippen MR) is 132 cm³/mol. The van der Waals surface area contributed by atoms with Crippen LogP contribution >= 0.6 is 15.9 Å². The molecule has 0 aliphatic heterocycles. The van der Waals surface area contributed by atoms with Gasteiger partial charge in [0, 0.05) is 22.2 Å². The summed E-state index contributed by atoms with van der Waals surface area (Å²) in [5, 5.41) is 29.1. The summed E-state index contributed by atoms with van der Waals surface area (Å²) in [6, 6.07) is 12.4. The fourth-order valence-corrected chi connectivity index (χ4v) is 4.85. The van der Waals surface area contributed by atoms with Crippen LogP contribution in [0.15, 0.2) is 86.3 Å². The van der Waals surface area contributed by atoms with Crippen molar-refractivity contribution in [2.75, 3.05) is 4.72 Å². The van der Waals surface area contributed by atoms with E-state index in [4.69, 9.17) is 0 Å². The van der Waals surface area contributed by atoms with E-state index in [1.807, 2.05) is 12.2 Å². The maximum atomic E-state index is 13.0. The summed E-state index contributed by atoms with van der Waals surface area (Å²) in [6.45, 7) is 0. The number of benzene rings is 3. The number of anilines is 1. The molecule has 178 valence electrons. The smallest absolute Gasteiger partial charge is 0.295 e. The summed E-state index contributed by atoms with van der Waals surface area (Å²) in [4.78, 5) is 22.8. The van der Waals surface area contributed by atoms with Crippen molar-refractivity contribution in [2.45, 2.75) is 17.7 Å². The third-order valence-corrected chi connectivity index (χ3v) is 7.14. The van der Waals surface area contributed by atoms with Crippen LogP contribution in [0, 0.1) is 10.1 Å². The molecule has 4 rings (SSSR count). The molecular weight excluding hydrogens is 540 g/mol. The van der Waals surface area contributed by atoms with Gasteiger partial charge in [-0.2, -0.15) is 0 Å². The zero-order chi connectivity index (χ0) is 25.2. The number of rotatable bonds is 6. The van der Waals surface area contributed by atoms with Crippen molar-refractivity contribution in [1.29, 1.82) is 0 Å². The summed E-state index contributed by atoms with van der Waals surface area (Å²) in [7, 11) is -3.96. The molecular formula is C23H17BrN4O6S. The Morgan fingerprint density at radius 3 is 2.43 bits per heavy atom. The molecule has 1 amide bonds. The number of aromatic hydroxyl groups is 1. The Bertz CT molecular complexity index is 1500. The van der Waals surface area contributed by atoms with Crippen LogP contribution in [0.4, 0.5) is 17.1 Å². The lowest BCUT2D eigenvalue weighted by atomic mass is 9.93. The van der Waals surface area contributed by atoms with Gasteiger partial charge in [-0.25, -0.2) is 8.42 Å². The summed E-state index contributed by atoms with van der Waals surface area (Å²) in [5.41, 5.74) is 0.779. The zero-order valence-corrected chi connectivity index (χ0v) is 20.3. The van der Waals surface area contributed by atoms with Crippen LogP contribution in [0.3, 0.4) is 0 Å². The van der Waals surface area contributed by atoms with Crippen LogP contribution in [-0.2, 0) is 22.9 Å². The molecule has 0 saturated heterocycles. The molecule has 1 aliphatic rings. The Morgan fingerprint density at radius 2 is 1.74 bits per heavy atom. The highest BCUT2D eigenvalue weighted by Crippen LogP contribution is 2.41. The van der Waals surface area contributed by atoms with E-state index in [-0.39, 0.29) is 33.3 Å². The number of non-ortho nitro benzene ring substituents is 1. The van der Waals surface area contributed by atoms with Gasteiger partial charge in [0.25, 0.3) is 21.6 Å². The molecule has 0 radical (unpaired) electrons. The van der Waals surface area contributed by atoms with Gasteiger partial charge in [0.05, 0.1) is 21.1 Å². The number of nitrogens with zero attached hydrogens (tertiary/aromatic N) is 3. The molecule has 2 N–H and O–H groups in total. The highest BCUT2D eigenvalue weighted by molar-refractivity contribution is 9.10. The fourth-order valence-electron chi connectivity index (χ4n) is 3.50. The maximum absolute atomic E-state index is 13.0. The second kappa shape index (κ2) is 9.76. The van der Waals surface area contributed by atoms with E-state index in [0.717, 1.165) is 10.5 Å². The van der Waals surface area contributed by atoms with E-state index >= 15 is 0 Å². The quantitative estimate of drug-likeness (QED) is 0.135. The van der Waals surface area contributed by atoms with Gasteiger partial charge in [-0.15, -0.1) is 10.2 Å². The lowest BCUT2D eigenvalue weighted by molar-refractivity contribution is -0.384. The minimum absolute atomic E-state index is 0.0397. The number of allylic oxidation sites excluding steroid dienone is 2. The number of amides is 1. The number of nitro groups is 1. The minimum Gasteiger partial charge on any atom is -0.505 e. The average Bonchev–Trinajstić information content (AvgIpc) is 2.85. The molecule has 0 fully saturated rings. The molecule has 0 atom stereocenters. The normalized spacial score (nSPS) is 12.9. The van der Waals surface area contributed by atoms with Crippen LogP contribution in [0.25, 0.3) is 0 Å². The lowest BCUT2D eigenvalue weighted by Crippen LogP contribution is -2.15. The fraction of sp³-hybridized carbons (Fsp3) is 0.0870. The maximum Gasteiger partial charge on any atom is 0.295 e. The minimum atomic E-state index is -3.96. The number of nitro benzene ring substituents is 1. The number of fused-ring (bicyclic) bond motifs is 1. The van der Waals surface area contributed by atoms with Crippen molar-refractivity contribution in [3.8, 4) is 5.75 Å². The van der Waals surface area contributed by atoms with Crippen molar-refractivity contribution < 1.29 is 23.2 Å². The zero-order valence-electron chi connectivity index (χ0n) is 17.9. The second-order valence-corrected chi connectivity index (χ2v) is 10.1. The van der Waals surface area contributed by atoms with E-state index in [2.05, 4.69) is 30.9 Å². The monoisotopic (exact) mass is 556 g/mol. The predicted octanol–water partition coefficient (Wildman–Crippen LogP) is 5.44. The van der Waals surface area contributed by atoms with Crippen LogP contribution in [0.2, 0.25) is 0 Å². The first-order valence-corrected chi connectivity index (χ1v) is 12.4. The summed E-state index contributed by atoms with van der Waals surface area (Å²) in [5.74, 6) is -1.09. The molecule has 0 heterocycles. The molecule has 3 aromatic rings. The first-order valence-electron chi connectivity index (χ1n) is 10.2. The van der Waals surface area contributed by atoms with Gasteiger partial charge < -0.3 is 5.11 Å². The summed E-state index contributed by atoms with van der Waals surface area (Å²) >= 11 is 3.27. The number of sulfonamides is 1. The molecule has 0 aromatic heterocycles. The number of hydrogen-bond donors (Lipinski definition) is 2. The Morgan fingerprint density at radius 1 is 1.06 bits per heavy atom. The molecule has 0 saturated carbocycles. The van der Waals surface area contributed by atoms with Gasteiger partial charge in [0.2, 0.25) is 0 Å². The number of halogens is 1. The number of azo groups is 1. The molecule has 0 spiro atoms. The van der Waals surface area contributed by atoms with Gasteiger partial charge in [-0.3, -0.25) is 19.6 Å². The first-order chi connectivity index (χ1) is 16.7. The van der Waals surface area contributed by atoms with Crippen molar-refractivity contribution >= 4 is 48.9 Å². The highest BCUT2D eigenvalue weighted by Gasteiger charge is 2.23. The summed E-state index contributed by atoms with van der Waals surface area (Å²) < 4.78 is 29.2. The van der Waals surface area contributed by atoms with E-state index in [0.29, 0.717) is 24.0 Å². The number of phenols is 1. The van der Waals surface area contributed by atoms with Gasteiger partial charge in [-0.05, 0) is 54.8 Å². The Balaban J connectivity index is 1.70. The van der Waals surface area contributed by atoms with Crippen LogP contribution < -0.4 is 4.72 Å². The van der Waals surface area contributed by atoms with Gasteiger partial charge >= 0.3 is 0 Å². The number of phenolic OH excluding ortho intramolecular Hbond substituents is 1. The third kappa shape index (κ3) is 5.28. The van der Waals surface area contributed by atoms with Crippen LogP contribution in [-0.4, -0.2) is 24.4 Å². The van der Waals surface area contributed by atoms with E-state index in [1.54, 1.807) is 12.1 Å². The van der Waals surface area contributed by atoms with E-state index in [9.17, 15) is 28.4 Å². The van der Waals surface area contributed by atoms with Crippen molar-refractivity contribution in [3.05, 3.63) is 98.0 Å². The Kier molecular flexibility index (Phi) is 6.76. The number of hydrogen-bond acceptors (Lipinski definition) is 7. The largest absolute Gasteiger partial charge is 0.505 e. The number of nitrogens with one attached hydrogen (secondary N) is 1. The second-order valence-electron chi connectivity index (χ2n) is 7.50. The number of carbonyl (C=O) groups excluding carboxylic acids is 1. The van der Waals surface area contributed by atoms with Crippen molar-refractivity contribution in [2.24, 2.45) is 10.2 Å². The highest BCUT2D eigenvalue weighted by atomic mass is 79.9. The molecule has 0 bridgehead atoms. The van der Waals surface area contributed by atoms with Gasteiger partial charge in [0.1, 0.15) is 11.4 Å². The third-order valence-electron chi connectivity index (χ3n) is 5.23. The molecule has 0 unspecified atom stereocenters. The average molecular weight is 557 g/mol. The molecule has 10 nitrogen and oxygen atoms in total. The topological polar surface area (TPSA) is 151 Å². The Hall–Kier alpha value is -3.90. The van der Waals surface area contributed by atoms with Gasteiger partial charge in [-0.1, -0.05) is 34.1 Å². The Labute approximate surface area is 208 Å². The lowest BCUT2D eigenvalue weighted by Gasteiger charge is -2.19. The van der Waals surface area contributed by atoms with E-state index < -0.39 is 20.9 Å². The van der Waals surface area contributed by atoms with Crippen molar-refractivity contribution in [1.82, 2.24) is 0 Å². The van der Waals surface area contributed by atoms with Crippen LogP contribution in [0.5, 0.6) is 5.75 Å². The molecule has 35 heavy (non-hydrogen) atoms. The van der Waals surface area contributed by atoms with E-state index in [1.165, 1.54) is 36.4 Å². The molecule has 12 heteroatoms. The number of carbonyl (C=O) groups is 1. The summed E-state index contributed by atoms with van der Waals surface area (Å²) in [6.07, 6.45) is 4.39. The molecule has 3 aromatic carbocycles. The van der Waals surface area contributed by atoms with Gasteiger partial charge in [0.15, 0.2) is 0 Å².